The molecule has 2 heterocycles. The van der Waals surface area contributed by atoms with Crippen LogP contribution in [0.1, 0.15) is 44.6 Å². The zero-order valence-corrected chi connectivity index (χ0v) is 18.7. The van der Waals surface area contributed by atoms with E-state index in [0.717, 1.165) is 34.9 Å². The molecule has 1 saturated carbocycles. The predicted octanol–water partition coefficient (Wildman–Crippen LogP) is 1.89. The maximum absolute atomic E-state index is 13.2. The molecule has 7 amide bonds. The fourth-order valence-corrected chi connectivity index (χ4v) is 5.06. The highest BCUT2D eigenvalue weighted by Crippen LogP contribution is 2.33. The number of rotatable bonds is 4. The predicted molar refractivity (Wildman–Crippen MR) is 121 cm³/mol. The van der Waals surface area contributed by atoms with Crippen LogP contribution in [0, 0.1) is 0 Å². The Balaban J connectivity index is 1.30. The first kappa shape index (κ1) is 21.9. The van der Waals surface area contributed by atoms with Gasteiger partial charge in [0.2, 0.25) is 0 Å². The third kappa shape index (κ3) is 3.37. The Labute approximate surface area is 195 Å². The lowest BCUT2D eigenvalue weighted by Crippen LogP contribution is -2.53. The molecule has 0 aromatic heterocycles. The molecule has 10 heteroatoms. The molecule has 2 aliphatic heterocycles. The Kier molecular flexibility index (Phi) is 5.03. The Morgan fingerprint density at radius 1 is 0.912 bits per heavy atom. The second-order valence-corrected chi connectivity index (χ2v) is 9.26. The van der Waals surface area contributed by atoms with Crippen LogP contribution in [0.3, 0.4) is 0 Å². The number of fused-ring (bicyclic) bond motifs is 1. The van der Waals surface area contributed by atoms with Gasteiger partial charge in [0.25, 0.3) is 17.7 Å². The zero-order valence-electron chi connectivity index (χ0n) is 18.7. The van der Waals surface area contributed by atoms with E-state index in [2.05, 4.69) is 16.1 Å². The van der Waals surface area contributed by atoms with Crippen molar-refractivity contribution >= 4 is 40.6 Å². The van der Waals surface area contributed by atoms with Crippen molar-refractivity contribution in [3.05, 3.63) is 48.0 Å². The van der Waals surface area contributed by atoms with Crippen molar-refractivity contribution in [1.82, 2.24) is 26.0 Å². The van der Waals surface area contributed by atoms with E-state index in [9.17, 15) is 24.0 Å². The second-order valence-electron chi connectivity index (χ2n) is 9.26. The molecule has 0 bridgehead atoms. The van der Waals surface area contributed by atoms with Crippen LogP contribution in [-0.4, -0.2) is 51.8 Å². The summed E-state index contributed by atoms with van der Waals surface area (Å²) in [5.41, 5.74) is 0.512. The molecule has 34 heavy (non-hydrogen) atoms. The highest BCUT2D eigenvalue weighted by molar-refractivity contribution is 6.11. The van der Waals surface area contributed by atoms with Gasteiger partial charge in [-0.2, -0.15) is 5.01 Å². The molecule has 3 aliphatic rings. The number of carbonyl (C=O) groups is 5. The number of benzene rings is 2. The molecule has 1 atom stereocenters. The van der Waals surface area contributed by atoms with Gasteiger partial charge in [0.1, 0.15) is 17.6 Å². The van der Waals surface area contributed by atoms with Crippen LogP contribution >= 0.6 is 0 Å². The number of urea groups is 2. The van der Waals surface area contributed by atoms with E-state index in [0.29, 0.717) is 23.4 Å². The van der Waals surface area contributed by atoms with Crippen LogP contribution in [0.15, 0.2) is 42.5 Å². The van der Waals surface area contributed by atoms with Gasteiger partial charge >= 0.3 is 12.1 Å². The fourth-order valence-electron chi connectivity index (χ4n) is 5.06. The molecule has 2 aromatic carbocycles. The maximum Gasteiger partial charge on any atom is 0.344 e. The van der Waals surface area contributed by atoms with Crippen LogP contribution in [0.2, 0.25) is 0 Å². The maximum atomic E-state index is 13.2. The SMILES string of the molecule is CC1(c2ccc3ccccc3c2)NC(=O)N(CC(=O)NN2C(=O)NC3(CCCCC3)C2=O)C1=O. The van der Waals surface area contributed by atoms with E-state index in [-0.39, 0.29) is 0 Å². The monoisotopic (exact) mass is 463 g/mol. The number of nitrogens with zero attached hydrogens (tertiary/aromatic N) is 2. The van der Waals surface area contributed by atoms with E-state index >= 15 is 0 Å². The van der Waals surface area contributed by atoms with E-state index in [1.807, 2.05) is 36.4 Å². The van der Waals surface area contributed by atoms with Gasteiger partial charge < -0.3 is 10.6 Å². The third-order valence-electron chi connectivity index (χ3n) is 7.01. The Bertz CT molecular complexity index is 1240. The van der Waals surface area contributed by atoms with Crippen molar-refractivity contribution in [3.63, 3.8) is 0 Å². The smallest absolute Gasteiger partial charge is 0.322 e. The van der Waals surface area contributed by atoms with Gasteiger partial charge in [-0.05, 0) is 42.2 Å². The normalized spacial score (nSPS) is 24.0. The van der Waals surface area contributed by atoms with Crippen molar-refractivity contribution in [2.24, 2.45) is 0 Å². The quantitative estimate of drug-likeness (QED) is 0.597. The molecule has 3 fully saturated rings. The molecule has 2 saturated heterocycles. The van der Waals surface area contributed by atoms with Crippen molar-refractivity contribution < 1.29 is 24.0 Å². The van der Waals surface area contributed by atoms with Crippen LogP contribution in [0.4, 0.5) is 9.59 Å². The number of carbonyl (C=O) groups excluding carboxylic acids is 5. The second kappa shape index (κ2) is 7.82. The first-order valence-corrected chi connectivity index (χ1v) is 11.3. The van der Waals surface area contributed by atoms with Crippen LogP contribution in [0.25, 0.3) is 10.8 Å². The van der Waals surface area contributed by atoms with Gasteiger partial charge in [0.15, 0.2) is 0 Å². The number of hydrogen-bond donors (Lipinski definition) is 3. The highest BCUT2D eigenvalue weighted by Gasteiger charge is 2.53. The first-order valence-electron chi connectivity index (χ1n) is 11.3. The third-order valence-corrected chi connectivity index (χ3v) is 7.01. The minimum absolute atomic E-state index is 0.510. The number of hydrogen-bond acceptors (Lipinski definition) is 5. The average molecular weight is 463 g/mol. The summed E-state index contributed by atoms with van der Waals surface area (Å²) in [6.07, 6.45) is 3.63. The van der Waals surface area contributed by atoms with Gasteiger partial charge in [-0.1, -0.05) is 55.7 Å². The summed E-state index contributed by atoms with van der Waals surface area (Å²) in [5, 5.41) is 7.94. The molecule has 0 radical (unpaired) electrons. The number of nitrogens with one attached hydrogen (secondary N) is 3. The summed E-state index contributed by atoms with van der Waals surface area (Å²) in [6, 6.07) is 11.7. The fraction of sp³-hybridized carbons (Fsp3) is 0.375. The molecule has 2 aromatic rings. The van der Waals surface area contributed by atoms with Crippen molar-refractivity contribution in [3.8, 4) is 0 Å². The number of amides is 7. The summed E-state index contributed by atoms with van der Waals surface area (Å²) in [6.45, 7) is 0.956. The average Bonchev–Trinajstić information content (AvgIpc) is 3.18. The Morgan fingerprint density at radius 3 is 2.35 bits per heavy atom. The first-order chi connectivity index (χ1) is 16.2. The van der Waals surface area contributed by atoms with Gasteiger partial charge in [0.05, 0.1) is 0 Å². The lowest BCUT2D eigenvalue weighted by molar-refractivity contribution is -0.141. The van der Waals surface area contributed by atoms with Gasteiger partial charge in [-0.15, -0.1) is 0 Å². The largest absolute Gasteiger partial charge is 0.344 e. The highest BCUT2D eigenvalue weighted by atomic mass is 16.2. The van der Waals surface area contributed by atoms with Crippen molar-refractivity contribution in [1.29, 1.82) is 0 Å². The molecule has 1 aliphatic carbocycles. The van der Waals surface area contributed by atoms with E-state index in [1.54, 1.807) is 13.0 Å². The van der Waals surface area contributed by atoms with Crippen molar-refractivity contribution in [2.45, 2.75) is 50.1 Å². The summed E-state index contributed by atoms with van der Waals surface area (Å²) < 4.78 is 0. The molecule has 1 spiro atoms. The minimum Gasteiger partial charge on any atom is -0.322 e. The van der Waals surface area contributed by atoms with Gasteiger partial charge in [0, 0.05) is 0 Å². The minimum atomic E-state index is -1.35. The lowest BCUT2D eigenvalue weighted by Gasteiger charge is -2.30. The number of imide groups is 2. The zero-order chi connectivity index (χ0) is 24.1. The van der Waals surface area contributed by atoms with Crippen LogP contribution < -0.4 is 16.1 Å². The lowest BCUT2D eigenvalue weighted by atomic mass is 9.82. The van der Waals surface area contributed by atoms with Crippen LogP contribution in [0.5, 0.6) is 0 Å². The molecule has 176 valence electrons. The summed E-state index contributed by atoms with van der Waals surface area (Å²) >= 11 is 0. The summed E-state index contributed by atoms with van der Waals surface area (Å²) in [5.74, 6) is -1.92. The van der Waals surface area contributed by atoms with Gasteiger partial charge in [-0.25, -0.2) is 9.59 Å². The summed E-state index contributed by atoms with van der Waals surface area (Å²) in [7, 11) is 0. The molecule has 10 nitrogen and oxygen atoms in total. The van der Waals surface area contributed by atoms with E-state index < -0.39 is 47.4 Å². The van der Waals surface area contributed by atoms with Crippen LogP contribution in [-0.2, 0) is 19.9 Å². The molecular weight excluding hydrogens is 438 g/mol. The summed E-state index contributed by atoms with van der Waals surface area (Å²) in [4.78, 5) is 64.5. The van der Waals surface area contributed by atoms with E-state index in [4.69, 9.17) is 0 Å². The number of hydrazine groups is 1. The van der Waals surface area contributed by atoms with E-state index in [1.165, 1.54) is 0 Å². The Hall–Kier alpha value is -3.95. The standard InChI is InChI=1S/C24H25N5O5/c1-23(17-10-9-15-7-3-4-8-16(15)13-17)19(31)28(21(33)25-23)14-18(30)27-29-20(32)24(26-22(29)34)11-5-2-6-12-24/h3-4,7-10,13H,2,5-6,11-12,14H2,1H3,(H,25,33)(H,26,34)(H,27,30). The Morgan fingerprint density at radius 2 is 1.62 bits per heavy atom. The van der Waals surface area contributed by atoms with Crippen molar-refractivity contribution in [2.75, 3.05) is 6.54 Å². The van der Waals surface area contributed by atoms with Gasteiger partial charge in [-0.3, -0.25) is 24.7 Å². The molecule has 5 rings (SSSR count). The molecule has 3 N–H and O–H groups in total. The molecule has 1 unspecified atom stereocenters. The topological polar surface area (TPSA) is 128 Å². The molecular formula is C24H25N5O5.